The third-order valence-electron chi connectivity index (χ3n) is 5.51. The molecule has 1 amide bonds. The first-order valence-corrected chi connectivity index (χ1v) is 11.7. The van der Waals surface area contributed by atoms with Crippen LogP contribution in [0.15, 0.2) is 36.2 Å². The van der Waals surface area contributed by atoms with Gasteiger partial charge in [-0.05, 0) is 63.5 Å². The van der Waals surface area contributed by atoms with E-state index in [2.05, 4.69) is 0 Å². The zero-order valence-corrected chi connectivity index (χ0v) is 21.0. The Morgan fingerprint density at radius 3 is 2.56 bits per heavy atom. The summed E-state index contributed by atoms with van der Waals surface area (Å²) in [5, 5.41) is 0.330. The quantitative estimate of drug-likeness (QED) is 0.364. The fourth-order valence-electron chi connectivity index (χ4n) is 3.92. The Hall–Kier alpha value is -2.77. The lowest BCUT2D eigenvalue weighted by Crippen LogP contribution is -2.40. The number of imidazole rings is 1. The highest BCUT2D eigenvalue weighted by atomic mass is 35.5. The van der Waals surface area contributed by atoms with Gasteiger partial charge in [-0.2, -0.15) is 0 Å². The molecule has 0 unspecified atom stereocenters. The fraction of sp³-hybridized carbons (Fsp3) is 0.360. The lowest BCUT2D eigenvalue weighted by Gasteiger charge is -2.30. The summed E-state index contributed by atoms with van der Waals surface area (Å²) in [5.41, 5.74) is 3.21. The third-order valence-corrected chi connectivity index (χ3v) is 6.30. The maximum absolute atomic E-state index is 14.4. The first-order valence-electron chi connectivity index (χ1n) is 10.9. The van der Waals surface area contributed by atoms with Crippen molar-refractivity contribution in [2.75, 3.05) is 20.2 Å². The number of likely N-dealkylation sites (tertiary alicyclic amines) is 1. The van der Waals surface area contributed by atoms with Gasteiger partial charge < -0.3 is 18.8 Å². The van der Waals surface area contributed by atoms with E-state index in [1.165, 1.54) is 12.7 Å². The molecule has 1 aromatic carbocycles. The zero-order chi connectivity index (χ0) is 24.6. The van der Waals surface area contributed by atoms with Crippen LogP contribution in [-0.4, -0.2) is 46.2 Å². The standard InChI is InChI=1S/C25H26Cl2FN3O3/c1-25(2,3)34-24(32)30-8-5-15(6-9-30)11-17-14-31-10-7-16(12-20(31)29-17)21-22(27)18(26)13-19(28)23(21)33-4/h7,10-14H,5-6,8-9H2,1-4H3. The largest absolute Gasteiger partial charge is 0.493 e. The molecule has 1 aliphatic rings. The molecular weight excluding hydrogens is 480 g/mol. The lowest BCUT2D eigenvalue weighted by molar-refractivity contribution is 0.0237. The van der Waals surface area contributed by atoms with E-state index in [9.17, 15) is 9.18 Å². The number of hydrogen-bond donors (Lipinski definition) is 0. The summed E-state index contributed by atoms with van der Waals surface area (Å²) in [6, 6.07) is 4.76. The second-order valence-electron chi connectivity index (χ2n) is 9.18. The molecule has 34 heavy (non-hydrogen) atoms. The van der Waals surface area contributed by atoms with Crippen molar-refractivity contribution in [3.63, 3.8) is 0 Å². The predicted molar refractivity (Wildman–Crippen MR) is 132 cm³/mol. The van der Waals surface area contributed by atoms with Crippen LogP contribution in [0.3, 0.4) is 0 Å². The number of nitrogens with zero attached hydrogens (tertiary/aromatic N) is 3. The Morgan fingerprint density at radius 1 is 1.21 bits per heavy atom. The SMILES string of the molecule is COc1c(F)cc(Cl)c(Cl)c1-c1ccn2cc(C=C3CCN(C(=O)OC(C)(C)C)CC3)nc2c1. The predicted octanol–water partition coefficient (Wildman–Crippen LogP) is 6.87. The number of halogens is 3. The summed E-state index contributed by atoms with van der Waals surface area (Å²) in [7, 11) is 1.39. The van der Waals surface area contributed by atoms with Gasteiger partial charge in [0.1, 0.15) is 11.2 Å². The highest BCUT2D eigenvalue weighted by molar-refractivity contribution is 6.44. The van der Waals surface area contributed by atoms with E-state index in [1.54, 1.807) is 4.90 Å². The smallest absolute Gasteiger partial charge is 0.410 e. The molecule has 0 N–H and O–H groups in total. The van der Waals surface area contributed by atoms with Gasteiger partial charge >= 0.3 is 6.09 Å². The van der Waals surface area contributed by atoms with E-state index in [0.717, 1.165) is 24.6 Å². The molecule has 1 fully saturated rings. The first kappa shape index (κ1) is 24.4. The van der Waals surface area contributed by atoms with E-state index in [0.29, 0.717) is 29.9 Å². The molecule has 9 heteroatoms. The molecule has 4 rings (SSSR count). The van der Waals surface area contributed by atoms with Crippen molar-refractivity contribution in [3.8, 4) is 16.9 Å². The molecule has 180 valence electrons. The van der Waals surface area contributed by atoms with Crippen LogP contribution in [0.1, 0.15) is 39.3 Å². The van der Waals surface area contributed by atoms with Crippen molar-refractivity contribution < 1.29 is 18.7 Å². The number of hydrogen-bond acceptors (Lipinski definition) is 4. The second kappa shape index (κ2) is 9.47. The number of piperidine rings is 1. The average molecular weight is 506 g/mol. The third kappa shape index (κ3) is 5.15. The maximum Gasteiger partial charge on any atom is 0.410 e. The van der Waals surface area contributed by atoms with Gasteiger partial charge in [-0.15, -0.1) is 0 Å². The second-order valence-corrected chi connectivity index (χ2v) is 9.96. The number of methoxy groups -OCH3 is 1. The minimum absolute atomic E-state index is 0.0318. The Labute approximate surface area is 207 Å². The van der Waals surface area contributed by atoms with Crippen molar-refractivity contribution in [3.05, 3.63) is 57.7 Å². The van der Waals surface area contributed by atoms with E-state index >= 15 is 0 Å². The van der Waals surface area contributed by atoms with Crippen LogP contribution < -0.4 is 4.74 Å². The van der Waals surface area contributed by atoms with Crippen LogP contribution in [0.2, 0.25) is 10.0 Å². The summed E-state index contributed by atoms with van der Waals surface area (Å²) in [4.78, 5) is 18.7. The van der Waals surface area contributed by atoms with E-state index < -0.39 is 11.4 Å². The Balaban J connectivity index is 1.56. The molecule has 6 nitrogen and oxygen atoms in total. The van der Waals surface area contributed by atoms with Gasteiger partial charge in [-0.25, -0.2) is 14.2 Å². The molecule has 3 heterocycles. The first-order chi connectivity index (χ1) is 16.1. The highest BCUT2D eigenvalue weighted by Gasteiger charge is 2.25. The van der Waals surface area contributed by atoms with Gasteiger partial charge in [0, 0.05) is 31.0 Å². The van der Waals surface area contributed by atoms with Gasteiger partial charge in [0.25, 0.3) is 0 Å². The minimum atomic E-state index is -0.585. The number of ether oxygens (including phenoxy) is 2. The van der Waals surface area contributed by atoms with E-state index in [-0.39, 0.29) is 21.9 Å². The molecule has 0 atom stereocenters. The number of pyridine rings is 1. The van der Waals surface area contributed by atoms with Gasteiger partial charge in [-0.3, -0.25) is 0 Å². The van der Waals surface area contributed by atoms with E-state index in [1.807, 2.05) is 55.8 Å². The molecule has 0 bridgehead atoms. The van der Waals surface area contributed by atoms with Crippen molar-refractivity contribution in [2.24, 2.45) is 0 Å². The molecule has 2 aromatic heterocycles. The van der Waals surface area contributed by atoms with Crippen LogP contribution >= 0.6 is 23.2 Å². The number of rotatable bonds is 3. The summed E-state index contributed by atoms with van der Waals surface area (Å²) in [6.45, 7) is 6.81. The highest BCUT2D eigenvalue weighted by Crippen LogP contribution is 2.42. The van der Waals surface area contributed by atoms with Crippen molar-refractivity contribution in [2.45, 2.75) is 39.2 Å². The number of carbonyl (C=O) groups is 1. The van der Waals surface area contributed by atoms with Crippen LogP contribution in [-0.2, 0) is 4.74 Å². The van der Waals surface area contributed by atoms with Crippen molar-refractivity contribution in [1.29, 1.82) is 0 Å². The van der Waals surface area contributed by atoms with Gasteiger partial charge in [-0.1, -0.05) is 28.8 Å². The lowest BCUT2D eigenvalue weighted by atomic mass is 10.0. The Morgan fingerprint density at radius 2 is 1.91 bits per heavy atom. The number of fused-ring (bicyclic) bond motifs is 1. The van der Waals surface area contributed by atoms with E-state index in [4.69, 9.17) is 37.7 Å². The summed E-state index contributed by atoms with van der Waals surface area (Å²) in [5.74, 6) is -0.553. The normalized spacial score (nSPS) is 14.4. The summed E-state index contributed by atoms with van der Waals surface area (Å²) in [6.07, 6.45) is 7.03. The molecule has 0 spiro atoms. The van der Waals surface area contributed by atoms with Gasteiger partial charge in [0.2, 0.25) is 0 Å². The molecule has 3 aromatic rings. The maximum atomic E-state index is 14.4. The molecule has 0 radical (unpaired) electrons. The van der Waals surface area contributed by atoms with Gasteiger partial charge in [0.15, 0.2) is 11.6 Å². The Kier molecular flexibility index (Phi) is 6.78. The zero-order valence-electron chi connectivity index (χ0n) is 19.5. The van der Waals surface area contributed by atoms with Crippen LogP contribution in [0.4, 0.5) is 9.18 Å². The monoisotopic (exact) mass is 505 g/mol. The number of benzene rings is 1. The number of amides is 1. The van der Waals surface area contributed by atoms with Crippen LogP contribution in [0, 0.1) is 5.82 Å². The van der Waals surface area contributed by atoms with Crippen LogP contribution in [0.25, 0.3) is 22.9 Å². The average Bonchev–Trinajstić information content (AvgIpc) is 3.16. The molecule has 1 aliphatic heterocycles. The summed E-state index contributed by atoms with van der Waals surface area (Å²) < 4.78 is 27.0. The summed E-state index contributed by atoms with van der Waals surface area (Å²) >= 11 is 12.5. The van der Waals surface area contributed by atoms with Gasteiger partial charge in [0.05, 0.1) is 22.8 Å². The molecule has 0 aliphatic carbocycles. The Bertz CT molecular complexity index is 1270. The number of carbonyl (C=O) groups excluding carboxylic acids is 1. The van der Waals surface area contributed by atoms with Crippen LogP contribution in [0.5, 0.6) is 5.75 Å². The molecule has 1 saturated heterocycles. The minimum Gasteiger partial charge on any atom is -0.493 e. The van der Waals surface area contributed by atoms with Crippen molar-refractivity contribution >= 4 is 41.0 Å². The number of aromatic nitrogens is 2. The fourth-order valence-corrected chi connectivity index (χ4v) is 4.36. The molecular formula is C25H26Cl2FN3O3. The van der Waals surface area contributed by atoms with Crippen molar-refractivity contribution in [1.82, 2.24) is 14.3 Å². The topological polar surface area (TPSA) is 56.1 Å². The molecule has 0 saturated carbocycles.